The number of fused-ring (bicyclic) bond motifs is 1. The largest absolute Gasteiger partial charge is 0.494 e. The van der Waals surface area contributed by atoms with Crippen molar-refractivity contribution in [1.29, 1.82) is 0 Å². The number of likely N-dealkylation sites (tertiary alicyclic amines) is 1. The summed E-state index contributed by atoms with van der Waals surface area (Å²) < 4.78 is 18.7. The van der Waals surface area contributed by atoms with Gasteiger partial charge in [-0.3, -0.25) is 19.4 Å². The van der Waals surface area contributed by atoms with Crippen molar-refractivity contribution >= 4 is 11.8 Å². The van der Waals surface area contributed by atoms with Gasteiger partial charge in [0.15, 0.2) is 11.6 Å². The van der Waals surface area contributed by atoms with Crippen LogP contribution in [0.2, 0.25) is 0 Å². The molecule has 0 bridgehead atoms. The highest BCUT2D eigenvalue weighted by molar-refractivity contribution is 6.05. The van der Waals surface area contributed by atoms with Crippen LogP contribution in [-0.4, -0.2) is 42.4 Å². The number of ether oxygens (including phenoxy) is 1. The molecule has 2 aliphatic rings. The molecule has 1 aromatic rings. The minimum atomic E-state index is -0.422. The lowest BCUT2D eigenvalue weighted by Crippen LogP contribution is -2.40. The van der Waals surface area contributed by atoms with E-state index in [9.17, 15) is 14.0 Å². The molecule has 5 nitrogen and oxygen atoms in total. The summed E-state index contributed by atoms with van der Waals surface area (Å²) in [5, 5.41) is 0. The summed E-state index contributed by atoms with van der Waals surface area (Å²) in [5.74, 6) is -0.843. The highest BCUT2D eigenvalue weighted by Gasteiger charge is 2.47. The number of amides is 2. The quantitative estimate of drug-likeness (QED) is 0.612. The summed E-state index contributed by atoms with van der Waals surface area (Å²) >= 11 is 0. The fraction of sp³-hybridized carbons (Fsp3) is 0.444. The first-order valence-electron chi connectivity index (χ1n) is 8.02. The number of imide groups is 1. The Morgan fingerprint density at radius 1 is 1.21 bits per heavy atom. The second-order valence-corrected chi connectivity index (χ2v) is 6.38. The third-order valence-corrected chi connectivity index (χ3v) is 4.65. The standard InChI is InChI=1S/C18H21FN2O3/c1-20(10-12-7-8-16(24-2)15(19)9-12)11-21-17(22)13-5-3-4-6-14(13)18(21)23/h3-4,7-9,13-14H,5-6,10-11H2,1-2H3. The van der Waals surface area contributed by atoms with Crippen molar-refractivity contribution in [2.45, 2.75) is 19.4 Å². The van der Waals surface area contributed by atoms with Crippen LogP contribution in [-0.2, 0) is 16.1 Å². The number of halogens is 1. The molecule has 0 N–H and O–H groups in total. The zero-order valence-corrected chi connectivity index (χ0v) is 13.9. The molecular weight excluding hydrogens is 311 g/mol. The lowest BCUT2D eigenvalue weighted by atomic mass is 9.85. The number of methoxy groups -OCH3 is 1. The minimum Gasteiger partial charge on any atom is -0.494 e. The number of benzene rings is 1. The van der Waals surface area contributed by atoms with Crippen molar-refractivity contribution < 1.29 is 18.7 Å². The average molecular weight is 332 g/mol. The van der Waals surface area contributed by atoms with Crippen LogP contribution in [0, 0.1) is 17.7 Å². The number of allylic oxidation sites excluding steroid dienone is 2. The van der Waals surface area contributed by atoms with Crippen molar-refractivity contribution in [3.8, 4) is 5.75 Å². The summed E-state index contributed by atoms with van der Waals surface area (Å²) in [6, 6.07) is 4.76. The minimum absolute atomic E-state index is 0.0953. The van der Waals surface area contributed by atoms with Gasteiger partial charge in [0, 0.05) is 6.54 Å². The van der Waals surface area contributed by atoms with E-state index in [0.717, 1.165) is 5.56 Å². The van der Waals surface area contributed by atoms with Crippen LogP contribution in [0.4, 0.5) is 4.39 Å². The molecule has 0 aromatic heterocycles. The van der Waals surface area contributed by atoms with Gasteiger partial charge < -0.3 is 4.74 Å². The Bertz CT molecular complexity index is 663. The van der Waals surface area contributed by atoms with Crippen LogP contribution >= 0.6 is 0 Å². The predicted molar refractivity (Wildman–Crippen MR) is 86.5 cm³/mol. The fourth-order valence-corrected chi connectivity index (χ4v) is 3.42. The van der Waals surface area contributed by atoms with Crippen molar-refractivity contribution in [1.82, 2.24) is 9.80 Å². The smallest absolute Gasteiger partial charge is 0.234 e. The normalized spacial score (nSPS) is 23.1. The maximum atomic E-state index is 13.8. The molecule has 0 saturated carbocycles. The molecule has 2 atom stereocenters. The number of hydrogen-bond donors (Lipinski definition) is 0. The fourth-order valence-electron chi connectivity index (χ4n) is 3.42. The molecule has 2 amide bonds. The highest BCUT2D eigenvalue weighted by atomic mass is 19.1. The first-order valence-corrected chi connectivity index (χ1v) is 8.02. The van der Waals surface area contributed by atoms with Crippen molar-refractivity contribution in [3.05, 3.63) is 41.7 Å². The molecule has 1 saturated heterocycles. The topological polar surface area (TPSA) is 49.9 Å². The van der Waals surface area contributed by atoms with Gasteiger partial charge in [-0.2, -0.15) is 0 Å². The number of carbonyl (C=O) groups excluding carboxylic acids is 2. The van der Waals surface area contributed by atoms with Crippen molar-refractivity contribution in [2.75, 3.05) is 20.8 Å². The molecule has 2 unspecified atom stereocenters. The number of carbonyl (C=O) groups is 2. The second kappa shape index (κ2) is 6.73. The summed E-state index contributed by atoms with van der Waals surface area (Å²) in [6.45, 7) is 0.657. The Kier molecular flexibility index (Phi) is 4.66. The predicted octanol–water partition coefficient (Wildman–Crippen LogP) is 2.17. The number of nitrogens with zero attached hydrogens (tertiary/aromatic N) is 2. The van der Waals surface area contributed by atoms with Gasteiger partial charge in [0.25, 0.3) is 0 Å². The SMILES string of the molecule is COc1ccc(CN(C)CN2C(=O)C3CC=CCC3C2=O)cc1F. The maximum absolute atomic E-state index is 13.8. The van der Waals surface area contributed by atoms with Crippen LogP contribution in [0.3, 0.4) is 0 Å². The van der Waals surface area contributed by atoms with E-state index in [0.29, 0.717) is 19.4 Å². The maximum Gasteiger partial charge on any atom is 0.234 e. The third-order valence-electron chi connectivity index (χ3n) is 4.65. The Morgan fingerprint density at radius 3 is 2.38 bits per heavy atom. The molecule has 1 aliphatic carbocycles. The van der Waals surface area contributed by atoms with Crippen LogP contribution < -0.4 is 4.74 Å². The number of hydrogen-bond acceptors (Lipinski definition) is 4. The summed E-state index contributed by atoms with van der Waals surface area (Å²) in [7, 11) is 3.23. The van der Waals surface area contributed by atoms with Gasteiger partial charge in [0.05, 0.1) is 25.6 Å². The average Bonchev–Trinajstić information content (AvgIpc) is 2.80. The van der Waals surface area contributed by atoms with Gasteiger partial charge in [-0.15, -0.1) is 0 Å². The molecular formula is C18H21FN2O3. The Balaban J connectivity index is 1.65. The molecule has 6 heteroatoms. The van der Waals surface area contributed by atoms with E-state index >= 15 is 0 Å². The van der Waals surface area contributed by atoms with Gasteiger partial charge in [-0.25, -0.2) is 4.39 Å². The number of rotatable bonds is 5. The van der Waals surface area contributed by atoms with Gasteiger partial charge in [0.1, 0.15) is 0 Å². The van der Waals surface area contributed by atoms with Crippen molar-refractivity contribution in [2.24, 2.45) is 11.8 Å². The lowest BCUT2D eigenvalue weighted by Gasteiger charge is -2.23. The molecule has 1 fully saturated rings. The molecule has 1 heterocycles. The van der Waals surface area contributed by atoms with E-state index in [1.165, 1.54) is 18.1 Å². The van der Waals surface area contributed by atoms with Gasteiger partial charge in [-0.05, 0) is 37.6 Å². The van der Waals surface area contributed by atoms with Crippen molar-refractivity contribution in [3.63, 3.8) is 0 Å². The monoisotopic (exact) mass is 332 g/mol. The van der Waals surface area contributed by atoms with Crippen LogP contribution in [0.25, 0.3) is 0 Å². The van der Waals surface area contributed by atoms with E-state index in [-0.39, 0.29) is 36.1 Å². The van der Waals surface area contributed by atoms with E-state index in [2.05, 4.69) is 0 Å². The zero-order valence-electron chi connectivity index (χ0n) is 13.9. The summed E-state index contributed by atoms with van der Waals surface area (Å²) in [6.07, 6.45) is 5.22. The van der Waals surface area contributed by atoms with Gasteiger partial charge >= 0.3 is 0 Å². The highest BCUT2D eigenvalue weighted by Crippen LogP contribution is 2.35. The Labute approximate surface area is 140 Å². The van der Waals surface area contributed by atoms with E-state index in [4.69, 9.17) is 4.74 Å². The molecule has 1 aliphatic heterocycles. The molecule has 0 radical (unpaired) electrons. The van der Waals surface area contributed by atoms with Gasteiger partial charge in [-0.1, -0.05) is 18.2 Å². The van der Waals surface area contributed by atoms with E-state index in [1.807, 2.05) is 24.1 Å². The first-order chi connectivity index (χ1) is 11.5. The molecule has 3 rings (SSSR count). The zero-order chi connectivity index (χ0) is 17.3. The first kappa shape index (κ1) is 16.6. The summed E-state index contributed by atoms with van der Waals surface area (Å²) in [4.78, 5) is 28.1. The molecule has 24 heavy (non-hydrogen) atoms. The van der Waals surface area contributed by atoms with Crippen LogP contribution in [0.15, 0.2) is 30.4 Å². The second-order valence-electron chi connectivity index (χ2n) is 6.38. The third kappa shape index (κ3) is 3.06. The molecule has 1 aromatic carbocycles. The van der Waals surface area contributed by atoms with Crippen LogP contribution in [0.1, 0.15) is 18.4 Å². The lowest BCUT2D eigenvalue weighted by molar-refractivity contribution is -0.142. The summed E-state index contributed by atoms with van der Waals surface area (Å²) in [5.41, 5.74) is 0.758. The van der Waals surface area contributed by atoms with E-state index in [1.54, 1.807) is 12.1 Å². The molecule has 0 spiro atoms. The van der Waals surface area contributed by atoms with Crippen LogP contribution in [0.5, 0.6) is 5.75 Å². The molecule has 128 valence electrons. The van der Waals surface area contributed by atoms with E-state index < -0.39 is 5.82 Å². The van der Waals surface area contributed by atoms with Gasteiger partial charge in [0.2, 0.25) is 11.8 Å². The Hall–Kier alpha value is -2.21. The Morgan fingerprint density at radius 2 is 1.83 bits per heavy atom.